The molecule has 0 aliphatic heterocycles. The molecule has 6 N–H and O–H groups in total. The molecule has 0 aliphatic rings. The van der Waals surface area contributed by atoms with Crippen molar-refractivity contribution in [3.63, 3.8) is 0 Å². The summed E-state index contributed by atoms with van der Waals surface area (Å²) in [4.78, 5) is 2.47. The van der Waals surface area contributed by atoms with Crippen molar-refractivity contribution in [2.24, 2.45) is 17.2 Å². The maximum atomic E-state index is 6.39. The van der Waals surface area contributed by atoms with Gasteiger partial charge in [-0.3, -0.25) is 4.90 Å². The molecule has 0 aromatic rings. The van der Waals surface area contributed by atoms with Crippen LogP contribution in [0, 0.1) is 0 Å². The largest absolute Gasteiger partial charge is 0.330 e. The fraction of sp³-hybridized carbons (Fsp3) is 1.00. The zero-order chi connectivity index (χ0) is 22.1. The molecule has 182 valence electrons. The zero-order valence-corrected chi connectivity index (χ0v) is 20.7. The van der Waals surface area contributed by atoms with Crippen LogP contribution in [0.25, 0.3) is 0 Å². The van der Waals surface area contributed by atoms with Crippen molar-refractivity contribution in [1.29, 1.82) is 0 Å². The van der Waals surface area contributed by atoms with Gasteiger partial charge in [0.05, 0.1) is 6.17 Å². The van der Waals surface area contributed by atoms with Crippen LogP contribution in [0.2, 0.25) is 0 Å². The normalized spacial score (nSPS) is 12.7. The first-order valence-corrected chi connectivity index (χ1v) is 13.7. The quantitative estimate of drug-likeness (QED) is 0.118. The van der Waals surface area contributed by atoms with E-state index in [0.29, 0.717) is 0 Å². The third-order valence-corrected chi connectivity index (χ3v) is 6.37. The van der Waals surface area contributed by atoms with Gasteiger partial charge in [-0.25, -0.2) is 0 Å². The van der Waals surface area contributed by atoms with Gasteiger partial charge in [0.15, 0.2) is 0 Å². The Kier molecular flexibility index (Phi) is 25.0. The molecule has 0 aliphatic carbocycles. The summed E-state index contributed by atoms with van der Waals surface area (Å²) in [7, 11) is 0. The fourth-order valence-corrected chi connectivity index (χ4v) is 4.28. The summed E-state index contributed by atoms with van der Waals surface area (Å²) < 4.78 is 0. The maximum Gasteiger partial charge on any atom is 0.0572 e. The minimum absolute atomic E-state index is 0.169. The van der Waals surface area contributed by atoms with Crippen LogP contribution in [0.15, 0.2) is 0 Å². The lowest BCUT2D eigenvalue weighted by molar-refractivity contribution is 0.181. The topological polar surface area (TPSA) is 81.3 Å². The Morgan fingerprint density at radius 1 is 0.500 bits per heavy atom. The van der Waals surface area contributed by atoms with E-state index in [0.717, 1.165) is 51.9 Å². The second-order valence-electron chi connectivity index (χ2n) is 9.33. The van der Waals surface area contributed by atoms with Crippen LogP contribution in [-0.4, -0.2) is 37.2 Å². The lowest BCUT2D eigenvalue weighted by Gasteiger charge is -2.29. The predicted octanol–water partition coefficient (Wildman–Crippen LogP) is 6.31. The lowest BCUT2D eigenvalue weighted by atomic mass is 10.0. The molecule has 0 saturated heterocycles. The first kappa shape index (κ1) is 29.8. The Bertz CT molecular complexity index is 311. The van der Waals surface area contributed by atoms with Gasteiger partial charge in [0.2, 0.25) is 0 Å². The number of hydrogen-bond donors (Lipinski definition) is 3. The summed E-state index contributed by atoms with van der Waals surface area (Å²) in [5.41, 5.74) is 17.7. The number of nitrogens with two attached hydrogens (primary N) is 3. The molecular formula is C26H58N4. The van der Waals surface area contributed by atoms with Crippen molar-refractivity contribution in [2.45, 2.75) is 142 Å². The van der Waals surface area contributed by atoms with Crippen LogP contribution >= 0.6 is 0 Å². The minimum Gasteiger partial charge on any atom is -0.330 e. The molecular weight excluding hydrogens is 368 g/mol. The highest BCUT2D eigenvalue weighted by Crippen LogP contribution is 2.14. The van der Waals surface area contributed by atoms with E-state index in [1.807, 2.05) is 0 Å². The number of rotatable bonds is 25. The predicted molar refractivity (Wildman–Crippen MR) is 136 cm³/mol. The molecule has 4 nitrogen and oxygen atoms in total. The minimum atomic E-state index is 0.169. The van der Waals surface area contributed by atoms with E-state index >= 15 is 0 Å². The van der Waals surface area contributed by atoms with Crippen molar-refractivity contribution < 1.29 is 0 Å². The van der Waals surface area contributed by atoms with Crippen LogP contribution in [0.5, 0.6) is 0 Å². The lowest BCUT2D eigenvalue weighted by Crippen LogP contribution is -2.43. The monoisotopic (exact) mass is 426 g/mol. The van der Waals surface area contributed by atoms with Crippen molar-refractivity contribution in [3.8, 4) is 0 Å². The van der Waals surface area contributed by atoms with E-state index in [4.69, 9.17) is 17.2 Å². The average molecular weight is 427 g/mol. The molecule has 0 bridgehead atoms. The first-order chi connectivity index (χ1) is 14.8. The molecule has 0 aromatic heterocycles. The SMILES string of the molecule is CCCCCCCCCCCCCCCCCCN(CCCCN)C(N)CCCN. The van der Waals surface area contributed by atoms with E-state index in [1.54, 1.807) is 0 Å². The second-order valence-corrected chi connectivity index (χ2v) is 9.33. The fourth-order valence-electron chi connectivity index (χ4n) is 4.28. The smallest absolute Gasteiger partial charge is 0.0572 e. The summed E-state index contributed by atoms with van der Waals surface area (Å²) in [6.07, 6.45) is 27.1. The number of nitrogens with zero attached hydrogens (tertiary/aromatic N) is 1. The number of hydrogen-bond acceptors (Lipinski definition) is 4. The van der Waals surface area contributed by atoms with Crippen LogP contribution in [0.4, 0.5) is 0 Å². The van der Waals surface area contributed by atoms with E-state index in [-0.39, 0.29) is 6.17 Å². The van der Waals surface area contributed by atoms with E-state index in [2.05, 4.69) is 11.8 Å². The Balaban J connectivity index is 3.49. The molecule has 0 amide bonds. The van der Waals surface area contributed by atoms with Crippen LogP contribution < -0.4 is 17.2 Å². The second kappa shape index (κ2) is 25.1. The third-order valence-electron chi connectivity index (χ3n) is 6.37. The van der Waals surface area contributed by atoms with Crippen LogP contribution in [0.3, 0.4) is 0 Å². The molecule has 4 heteroatoms. The molecule has 0 heterocycles. The first-order valence-electron chi connectivity index (χ1n) is 13.7. The molecule has 1 atom stereocenters. The molecule has 0 spiro atoms. The van der Waals surface area contributed by atoms with Crippen molar-refractivity contribution in [2.75, 3.05) is 26.2 Å². The summed E-state index contributed by atoms with van der Waals surface area (Å²) in [5, 5.41) is 0. The van der Waals surface area contributed by atoms with Gasteiger partial charge in [-0.15, -0.1) is 0 Å². The van der Waals surface area contributed by atoms with Crippen LogP contribution in [-0.2, 0) is 0 Å². The molecule has 30 heavy (non-hydrogen) atoms. The van der Waals surface area contributed by atoms with Crippen molar-refractivity contribution >= 4 is 0 Å². The van der Waals surface area contributed by atoms with Gasteiger partial charge in [0, 0.05) is 0 Å². The highest BCUT2D eigenvalue weighted by atomic mass is 15.2. The maximum absolute atomic E-state index is 6.39. The van der Waals surface area contributed by atoms with Gasteiger partial charge in [-0.2, -0.15) is 0 Å². The third kappa shape index (κ3) is 21.1. The highest BCUT2D eigenvalue weighted by Gasteiger charge is 2.12. The molecule has 1 unspecified atom stereocenters. The summed E-state index contributed by atoms with van der Waals surface area (Å²) in [5.74, 6) is 0. The Hall–Kier alpha value is -0.160. The van der Waals surface area contributed by atoms with Gasteiger partial charge in [-0.1, -0.05) is 103 Å². The van der Waals surface area contributed by atoms with E-state index < -0.39 is 0 Å². The van der Waals surface area contributed by atoms with Gasteiger partial charge in [0.1, 0.15) is 0 Å². The van der Waals surface area contributed by atoms with Crippen LogP contribution in [0.1, 0.15) is 135 Å². The van der Waals surface area contributed by atoms with Crippen molar-refractivity contribution in [3.05, 3.63) is 0 Å². The molecule has 0 radical (unpaired) electrons. The highest BCUT2D eigenvalue weighted by molar-refractivity contribution is 4.67. The van der Waals surface area contributed by atoms with Gasteiger partial charge >= 0.3 is 0 Å². The summed E-state index contributed by atoms with van der Waals surface area (Å²) >= 11 is 0. The van der Waals surface area contributed by atoms with Crippen molar-refractivity contribution in [1.82, 2.24) is 4.90 Å². The summed E-state index contributed by atoms with van der Waals surface area (Å²) in [6, 6.07) is 0. The molecule has 0 fully saturated rings. The molecule has 0 rings (SSSR count). The number of unbranched alkanes of at least 4 members (excludes halogenated alkanes) is 16. The van der Waals surface area contributed by atoms with E-state index in [1.165, 1.54) is 103 Å². The molecule has 0 saturated carbocycles. The van der Waals surface area contributed by atoms with E-state index in [9.17, 15) is 0 Å². The summed E-state index contributed by atoms with van der Waals surface area (Å²) in [6.45, 7) is 6.03. The van der Waals surface area contributed by atoms with Gasteiger partial charge < -0.3 is 17.2 Å². The molecule has 0 aromatic carbocycles. The zero-order valence-electron chi connectivity index (χ0n) is 20.7. The Morgan fingerprint density at radius 2 is 0.867 bits per heavy atom. The standard InChI is InChI=1S/C26H58N4/c1-2-3-4-5-6-7-8-9-10-11-12-13-14-15-16-18-24-30(25-19-17-22-27)26(29)21-20-23-28/h26H,2-25,27-29H2,1H3. The van der Waals surface area contributed by atoms with Gasteiger partial charge in [-0.05, 0) is 58.3 Å². The van der Waals surface area contributed by atoms with Gasteiger partial charge in [0.25, 0.3) is 0 Å². The average Bonchev–Trinajstić information content (AvgIpc) is 2.76. The Labute approximate surface area is 190 Å². The Morgan fingerprint density at radius 3 is 1.27 bits per heavy atom.